The number of benzene rings is 2. The largest absolute Gasteiger partial charge is 0.493 e. The van der Waals surface area contributed by atoms with Crippen molar-refractivity contribution in [1.82, 2.24) is 0 Å². The minimum absolute atomic E-state index is 0.159. The third kappa shape index (κ3) is 2.83. The van der Waals surface area contributed by atoms with Crippen LogP contribution in [0.15, 0.2) is 30.3 Å². The lowest BCUT2D eigenvalue weighted by Crippen LogP contribution is -2.17. The lowest BCUT2D eigenvalue weighted by molar-refractivity contribution is 0.354. The molecule has 1 atom stereocenters. The van der Waals surface area contributed by atoms with Gasteiger partial charge in [0.2, 0.25) is 0 Å². The Morgan fingerprint density at radius 3 is 2.05 bits per heavy atom. The third-order valence-corrected chi connectivity index (χ3v) is 3.42. The molecule has 112 valence electrons. The van der Waals surface area contributed by atoms with Crippen LogP contribution >= 0.6 is 0 Å². The first kappa shape index (κ1) is 15.3. The summed E-state index contributed by atoms with van der Waals surface area (Å²) in [6, 6.07) is 6.13. The van der Waals surface area contributed by atoms with E-state index in [4.69, 9.17) is 15.2 Å². The van der Waals surface area contributed by atoms with Crippen molar-refractivity contribution in [1.29, 1.82) is 0 Å². The number of nitrogens with two attached hydrogens (primary N) is 1. The highest BCUT2D eigenvalue weighted by Gasteiger charge is 2.21. The molecule has 2 aromatic rings. The highest BCUT2D eigenvalue weighted by atomic mass is 19.1. The fraction of sp³-hybridized carbons (Fsp3) is 0.250. The maximum atomic E-state index is 13.9. The number of ether oxygens (including phenoxy) is 2. The van der Waals surface area contributed by atoms with Gasteiger partial charge in [0, 0.05) is 5.56 Å². The lowest BCUT2D eigenvalue weighted by Gasteiger charge is -2.19. The Hall–Kier alpha value is -2.14. The number of hydrogen-bond donors (Lipinski definition) is 1. The van der Waals surface area contributed by atoms with Crippen LogP contribution in [0.2, 0.25) is 0 Å². The molecule has 0 radical (unpaired) electrons. The van der Waals surface area contributed by atoms with Crippen LogP contribution in [0.25, 0.3) is 0 Å². The van der Waals surface area contributed by atoms with Crippen LogP contribution in [0.3, 0.4) is 0 Å². The molecule has 0 fully saturated rings. The highest BCUT2D eigenvalue weighted by Crippen LogP contribution is 2.35. The van der Waals surface area contributed by atoms with Crippen molar-refractivity contribution in [3.63, 3.8) is 0 Å². The van der Waals surface area contributed by atoms with Gasteiger partial charge < -0.3 is 15.2 Å². The van der Waals surface area contributed by atoms with E-state index in [0.717, 1.165) is 5.56 Å². The van der Waals surface area contributed by atoms with E-state index in [0.29, 0.717) is 17.1 Å². The number of aryl methyl sites for hydroxylation is 1. The SMILES string of the molecule is COc1cc(C)c(C(N)c2c(F)cccc2F)cc1OC. The number of rotatable bonds is 4. The second-order valence-corrected chi connectivity index (χ2v) is 4.68. The first-order chi connectivity index (χ1) is 9.99. The maximum absolute atomic E-state index is 13.9. The van der Waals surface area contributed by atoms with E-state index in [1.165, 1.54) is 32.4 Å². The van der Waals surface area contributed by atoms with E-state index in [1.54, 1.807) is 19.1 Å². The maximum Gasteiger partial charge on any atom is 0.161 e. The van der Waals surface area contributed by atoms with Gasteiger partial charge in [0.1, 0.15) is 11.6 Å². The summed E-state index contributed by atoms with van der Waals surface area (Å²) in [5.74, 6) is -0.335. The highest BCUT2D eigenvalue weighted by molar-refractivity contribution is 5.50. The van der Waals surface area contributed by atoms with Gasteiger partial charge in [-0.2, -0.15) is 0 Å². The van der Waals surface area contributed by atoms with Gasteiger partial charge in [-0.3, -0.25) is 0 Å². The van der Waals surface area contributed by atoms with Crippen molar-refractivity contribution < 1.29 is 18.3 Å². The molecule has 0 amide bonds. The molecule has 0 aliphatic carbocycles. The van der Waals surface area contributed by atoms with E-state index >= 15 is 0 Å². The first-order valence-electron chi connectivity index (χ1n) is 6.41. The van der Waals surface area contributed by atoms with E-state index in [1.807, 2.05) is 0 Å². The van der Waals surface area contributed by atoms with E-state index in [-0.39, 0.29) is 5.56 Å². The number of halogens is 2. The van der Waals surface area contributed by atoms with Gasteiger partial charge in [0.25, 0.3) is 0 Å². The van der Waals surface area contributed by atoms with E-state index in [9.17, 15) is 8.78 Å². The van der Waals surface area contributed by atoms with Crippen LogP contribution < -0.4 is 15.2 Å². The van der Waals surface area contributed by atoms with Crippen LogP contribution in [0.4, 0.5) is 8.78 Å². The van der Waals surface area contributed by atoms with Crippen molar-refractivity contribution in [3.05, 3.63) is 58.7 Å². The predicted molar refractivity (Wildman–Crippen MR) is 76.7 cm³/mol. The summed E-state index contributed by atoms with van der Waals surface area (Å²) in [5, 5.41) is 0. The minimum atomic E-state index is -0.925. The van der Waals surface area contributed by atoms with Gasteiger partial charge >= 0.3 is 0 Å². The summed E-state index contributed by atoms with van der Waals surface area (Å²) in [6.45, 7) is 1.80. The molecule has 3 nitrogen and oxygen atoms in total. The van der Waals surface area contributed by atoms with Crippen LogP contribution in [0.1, 0.15) is 22.7 Å². The fourth-order valence-electron chi connectivity index (χ4n) is 2.29. The van der Waals surface area contributed by atoms with Crippen LogP contribution in [0.5, 0.6) is 11.5 Å². The van der Waals surface area contributed by atoms with Crippen LogP contribution in [-0.4, -0.2) is 14.2 Å². The second kappa shape index (κ2) is 6.10. The average molecular weight is 293 g/mol. The first-order valence-corrected chi connectivity index (χ1v) is 6.41. The average Bonchev–Trinajstić information content (AvgIpc) is 2.46. The number of hydrogen-bond acceptors (Lipinski definition) is 3. The summed E-state index contributed by atoms with van der Waals surface area (Å²) in [4.78, 5) is 0. The summed E-state index contributed by atoms with van der Waals surface area (Å²) in [5.41, 5.74) is 7.24. The van der Waals surface area contributed by atoms with Gasteiger partial charge in [-0.15, -0.1) is 0 Å². The molecule has 2 aromatic carbocycles. The zero-order valence-corrected chi connectivity index (χ0v) is 12.1. The molecule has 21 heavy (non-hydrogen) atoms. The Balaban J connectivity index is 2.56. The Kier molecular flexibility index (Phi) is 4.43. The van der Waals surface area contributed by atoms with E-state index in [2.05, 4.69) is 0 Å². The quantitative estimate of drug-likeness (QED) is 0.940. The van der Waals surface area contributed by atoms with Gasteiger partial charge in [-0.25, -0.2) is 8.78 Å². The molecule has 0 bridgehead atoms. The molecule has 1 unspecified atom stereocenters. The molecular weight excluding hydrogens is 276 g/mol. The molecule has 0 aliphatic rings. The third-order valence-electron chi connectivity index (χ3n) is 3.42. The molecule has 2 rings (SSSR count). The summed E-state index contributed by atoms with van der Waals surface area (Å²) >= 11 is 0. The Bertz CT molecular complexity index is 639. The van der Waals surface area contributed by atoms with Crippen molar-refractivity contribution in [3.8, 4) is 11.5 Å². The molecule has 0 aromatic heterocycles. The monoisotopic (exact) mass is 293 g/mol. The number of methoxy groups -OCH3 is 2. The smallest absolute Gasteiger partial charge is 0.161 e. The zero-order chi connectivity index (χ0) is 15.6. The molecule has 0 spiro atoms. The molecule has 0 saturated heterocycles. The van der Waals surface area contributed by atoms with Crippen LogP contribution in [0, 0.1) is 18.6 Å². The van der Waals surface area contributed by atoms with Gasteiger partial charge in [-0.05, 0) is 42.3 Å². The molecule has 5 heteroatoms. The van der Waals surface area contributed by atoms with Crippen molar-refractivity contribution in [2.24, 2.45) is 5.73 Å². The summed E-state index contributed by atoms with van der Waals surface area (Å²) in [7, 11) is 3.01. The lowest BCUT2D eigenvalue weighted by atomic mass is 9.94. The Labute approximate surface area is 122 Å². The topological polar surface area (TPSA) is 44.5 Å². The van der Waals surface area contributed by atoms with Gasteiger partial charge in [0.15, 0.2) is 11.5 Å². The van der Waals surface area contributed by atoms with Crippen LogP contribution in [-0.2, 0) is 0 Å². The van der Waals surface area contributed by atoms with E-state index < -0.39 is 17.7 Å². The minimum Gasteiger partial charge on any atom is -0.493 e. The summed E-state index contributed by atoms with van der Waals surface area (Å²) in [6.07, 6.45) is 0. The second-order valence-electron chi connectivity index (χ2n) is 4.68. The van der Waals surface area contributed by atoms with Crippen molar-refractivity contribution in [2.75, 3.05) is 14.2 Å². The van der Waals surface area contributed by atoms with Crippen molar-refractivity contribution in [2.45, 2.75) is 13.0 Å². The predicted octanol–water partition coefficient (Wildman–Crippen LogP) is 3.34. The molecule has 0 heterocycles. The Morgan fingerprint density at radius 1 is 1.00 bits per heavy atom. The van der Waals surface area contributed by atoms with Gasteiger partial charge in [0.05, 0.1) is 20.3 Å². The molecule has 0 aliphatic heterocycles. The molecule has 0 saturated carbocycles. The zero-order valence-electron chi connectivity index (χ0n) is 12.1. The summed E-state index contributed by atoms with van der Waals surface area (Å²) < 4.78 is 38.1. The Morgan fingerprint density at radius 2 is 1.52 bits per heavy atom. The normalized spacial score (nSPS) is 12.1. The standard InChI is InChI=1S/C16H17F2NO2/c1-9-7-13(20-2)14(21-3)8-10(9)16(19)15-11(17)5-4-6-12(15)18/h4-8,16H,19H2,1-3H3. The molecule has 2 N–H and O–H groups in total. The van der Waals surface area contributed by atoms with Gasteiger partial charge in [-0.1, -0.05) is 6.07 Å². The fourth-order valence-corrected chi connectivity index (χ4v) is 2.29. The molecular formula is C16H17F2NO2. The van der Waals surface area contributed by atoms with Crippen molar-refractivity contribution >= 4 is 0 Å².